The van der Waals surface area contributed by atoms with Gasteiger partial charge in [-0.2, -0.15) is 0 Å². The molecule has 0 atom stereocenters. The van der Waals surface area contributed by atoms with Crippen LogP contribution in [0.2, 0.25) is 0 Å². The molecule has 3 N–H and O–H groups in total. The van der Waals surface area contributed by atoms with Crippen LogP contribution in [0.4, 0.5) is 16.5 Å². The SMILES string of the molecule is CCc1ccccc1Nc1nc(-c2cccc(N)c2)cs1. The van der Waals surface area contributed by atoms with Crippen molar-refractivity contribution < 1.29 is 0 Å². The summed E-state index contributed by atoms with van der Waals surface area (Å²) in [7, 11) is 0. The van der Waals surface area contributed by atoms with Crippen molar-refractivity contribution in [3.63, 3.8) is 0 Å². The Balaban J connectivity index is 1.85. The first-order chi connectivity index (χ1) is 10.3. The van der Waals surface area contributed by atoms with E-state index in [2.05, 4.69) is 35.4 Å². The minimum atomic E-state index is 0.756. The van der Waals surface area contributed by atoms with Gasteiger partial charge in [0.2, 0.25) is 0 Å². The van der Waals surface area contributed by atoms with E-state index in [4.69, 9.17) is 5.73 Å². The van der Waals surface area contributed by atoms with Crippen molar-refractivity contribution in [3.8, 4) is 11.3 Å². The molecule has 0 spiro atoms. The number of nitrogen functional groups attached to an aromatic ring is 1. The zero-order valence-corrected chi connectivity index (χ0v) is 12.7. The Morgan fingerprint density at radius 2 is 2.00 bits per heavy atom. The molecule has 4 heteroatoms. The standard InChI is InChI=1S/C17H17N3S/c1-2-12-6-3-4-9-15(12)19-17-20-16(11-21-17)13-7-5-8-14(18)10-13/h3-11H,2,18H2,1H3,(H,19,20). The van der Waals surface area contributed by atoms with Crippen LogP contribution in [-0.2, 0) is 6.42 Å². The number of aromatic nitrogens is 1. The molecule has 0 saturated heterocycles. The lowest BCUT2D eigenvalue weighted by Crippen LogP contribution is -1.94. The number of rotatable bonds is 4. The fourth-order valence-corrected chi connectivity index (χ4v) is 2.96. The van der Waals surface area contributed by atoms with Crippen molar-refractivity contribution >= 4 is 27.8 Å². The van der Waals surface area contributed by atoms with Gasteiger partial charge in [-0.1, -0.05) is 37.3 Å². The smallest absolute Gasteiger partial charge is 0.187 e. The lowest BCUT2D eigenvalue weighted by Gasteiger charge is -2.07. The summed E-state index contributed by atoms with van der Waals surface area (Å²) < 4.78 is 0. The van der Waals surface area contributed by atoms with Crippen LogP contribution in [0.3, 0.4) is 0 Å². The number of hydrogen-bond acceptors (Lipinski definition) is 4. The predicted octanol–water partition coefficient (Wildman–Crippen LogP) is 4.70. The minimum Gasteiger partial charge on any atom is -0.399 e. The molecule has 0 unspecified atom stereocenters. The van der Waals surface area contributed by atoms with E-state index in [0.29, 0.717) is 0 Å². The van der Waals surface area contributed by atoms with Crippen molar-refractivity contribution in [1.29, 1.82) is 0 Å². The number of nitrogens with two attached hydrogens (primary N) is 1. The highest BCUT2D eigenvalue weighted by atomic mass is 32.1. The number of anilines is 3. The number of aryl methyl sites for hydroxylation is 1. The first-order valence-electron chi connectivity index (χ1n) is 6.92. The molecule has 1 heterocycles. The maximum absolute atomic E-state index is 5.82. The second-order valence-electron chi connectivity index (χ2n) is 4.80. The summed E-state index contributed by atoms with van der Waals surface area (Å²) in [4.78, 5) is 4.64. The Kier molecular flexibility index (Phi) is 3.88. The quantitative estimate of drug-likeness (QED) is 0.686. The van der Waals surface area contributed by atoms with Crippen LogP contribution in [0.15, 0.2) is 53.9 Å². The Morgan fingerprint density at radius 1 is 1.14 bits per heavy atom. The number of benzene rings is 2. The number of thiazole rings is 1. The second-order valence-corrected chi connectivity index (χ2v) is 5.66. The molecule has 106 valence electrons. The van der Waals surface area contributed by atoms with Gasteiger partial charge in [-0.05, 0) is 30.2 Å². The van der Waals surface area contributed by atoms with Gasteiger partial charge in [0.15, 0.2) is 5.13 Å². The molecule has 0 fully saturated rings. The van der Waals surface area contributed by atoms with Crippen molar-refractivity contribution in [2.75, 3.05) is 11.1 Å². The summed E-state index contributed by atoms with van der Waals surface area (Å²) in [6, 6.07) is 16.1. The van der Waals surface area contributed by atoms with E-state index < -0.39 is 0 Å². The molecule has 21 heavy (non-hydrogen) atoms. The van der Waals surface area contributed by atoms with Gasteiger partial charge >= 0.3 is 0 Å². The average Bonchev–Trinajstić information content (AvgIpc) is 2.96. The van der Waals surface area contributed by atoms with E-state index in [1.165, 1.54) is 5.56 Å². The molecule has 0 radical (unpaired) electrons. The molecule has 0 saturated carbocycles. The van der Waals surface area contributed by atoms with E-state index in [0.717, 1.165) is 34.2 Å². The van der Waals surface area contributed by atoms with Gasteiger partial charge in [0.05, 0.1) is 5.69 Å². The van der Waals surface area contributed by atoms with Crippen LogP contribution >= 0.6 is 11.3 Å². The lowest BCUT2D eigenvalue weighted by molar-refractivity contribution is 1.14. The van der Waals surface area contributed by atoms with E-state index in [1.807, 2.05) is 35.7 Å². The summed E-state index contributed by atoms with van der Waals surface area (Å²) >= 11 is 1.60. The third kappa shape index (κ3) is 3.06. The molecule has 0 aliphatic carbocycles. The van der Waals surface area contributed by atoms with Crippen LogP contribution in [-0.4, -0.2) is 4.98 Å². The fourth-order valence-electron chi connectivity index (χ4n) is 2.23. The lowest BCUT2D eigenvalue weighted by atomic mass is 10.1. The second kappa shape index (κ2) is 5.97. The van der Waals surface area contributed by atoms with Gasteiger partial charge in [0.1, 0.15) is 0 Å². The van der Waals surface area contributed by atoms with Gasteiger partial charge in [-0.15, -0.1) is 11.3 Å². The average molecular weight is 295 g/mol. The summed E-state index contributed by atoms with van der Waals surface area (Å²) in [6.45, 7) is 2.15. The van der Waals surface area contributed by atoms with Gasteiger partial charge in [0.25, 0.3) is 0 Å². The number of hydrogen-bond donors (Lipinski definition) is 2. The van der Waals surface area contributed by atoms with Gasteiger partial charge in [-0.3, -0.25) is 0 Å². The van der Waals surface area contributed by atoms with Crippen LogP contribution in [0, 0.1) is 0 Å². The molecule has 1 aromatic heterocycles. The Morgan fingerprint density at radius 3 is 2.81 bits per heavy atom. The summed E-state index contributed by atoms with van der Waals surface area (Å²) in [5.41, 5.74) is 11.0. The largest absolute Gasteiger partial charge is 0.399 e. The van der Waals surface area contributed by atoms with E-state index in [9.17, 15) is 0 Å². The Labute approximate surface area is 128 Å². The highest BCUT2D eigenvalue weighted by molar-refractivity contribution is 7.14. The monoisotopic (exact) mass is 295 g/mol. The predicted molar refractivity (Wildman–Crippen MR) is 91.1 cm³/mol. The molecule has 3 nitrogen and oxygen atoms in total. The van der Waals surface area contributed by atoms with Gasteiger partial charge < -0.3 is 11.1 Å². The van der Waals surface area contributed by atoms with Crippen LogP contribution in [0.5, 0.6) is 0 Å². The molecule has 3 rings (SSSR count). The molecule has 3 aromatic rings. The fraction of sp³-hybridized carbons (Fsp3) is 0.118. The van der Waals surface area contributed by atoms with Crippen molar-refractivity contribution in [1.82, 2.24) is 4.98 Å². The van der Waals surface area contributed by atoms with E-state index >= 15 is 0 Å². The molecule has 0 aliphatic rings. The number of nitrogens with one attached hydrogen (secondary N) is 1. The van der Waals surface area contributed by atoms with Crippen LogP contribution in [0.1, 0.15) is 12.5 Å². The third-order valence-corrected chi connectivity index (χ3v) is 4.08. The zero-order chi connectivity index (χ0) is 14.7. The first kappa shape index (κ1) is 13.6. The molecule has 0 amide bonds. The summed E-state index contributed by atoms with van der Waals surface area (Å²) in [5.74, 6) is 0. The maximum Gasteiger partial charge on any atom is 0.187 e. The molecular weight excluding hydrogens is 278 g/mol. The van der Waals surface area contributed by atoms with Crippen LogP contribution in [0.25, 0.3) is 11.3 Å². The highest BCUT2D eigenvalue weighted by Gasteiger charge is 2.06. The molecule has 0 aliphatic heterocycles. The van der Waals surface area contributed by atoms with Crippen molar-refractivity contribution in [3.05, 3.63) is 59.5 Å². The summed E-state index contributed by atoms with van der Waals surface area (Å²) in [6.07, 6.45) is 0.997. The van der Waals surface area contributed by atoms with Crippen molar-refractivity contribution in [2.24, 2.45) is 0 Å². The first-order valence-corrected chi connectivity index (χ1v) is 7.80. The zero-order valence-electron chi connectivity index (χ0n) is 11.8. The van der Waals surface area contributed by atoms with Gasteiger partial charge in [0, 0.05) is 22.3 Å². The maximum atomic E-state index is 5.82. The highest BCUT2D eigenvalue weighted by Crippen LogP contribution is 2.29. The molecule has 2 aromatic carbocycles. The number of para-hydroxylation sites is 1. The third-order valence-electron chi connectivity index (χ3n) is 3.33. The number of nitrogens with zero attached hydrogens (tertiary/aromatic N) is 1. The van der Waals surface area contributed by atoms with Crippen molar-refractivity contribution in [2.45, 2.75) is 13.3 Å². The Bertz CT molecular complexity index is 749. The molecule has 0 bridgehead atoms. The van der Waals surface area contributed by atoms with E-state index in [1.54, 1.807) is 11.3 Å². The van der Waals surface area contributed by atoms with Gasteiger partial charge in [-0.25, -0.2) is 4.98 Å². The molecular formula is C17H17N3S. The summed E-state index contributed by atoms with van der Waals surface area (Å²) in [5, 5.41) is 6.35. The topological polar surface area (TPSA) is 50.9 Å². The Hall–Kier alpha value is -2.33. The van der Waals surface area contributed by atoms with Crippen LogP contribution < -0.4 is 11.1 Å². The minimum absolute atomic E-state index is 0.756. The van der Waals surface area contributed by atoms with E-state index in [-0.39, 0.29) is 0 Å². The normalized spacial score (nSPS) is 10.5.